The van der Waals surface area contributed by atoms with Crippen molar-refractivity contribution in [3.8, 4) is 0 Å². The van der Waals surface area contributed by atoms with Crippen LogP contribution < -0.4 is 14.8 Å². The third-order valence-corrected chi connectivity index (χ3v) is 3.57. The molecule has 2 aromatic carbocycles. The van der Waals surface area contributed by atoms with Crippen molar-refractivity contribution in [2.45, 2.75) is 0 Å². The topological polar surface area (TPSA) is 110 Å². The summed E-state index contributed by atoms with van der Waals surface area (Å²) in [6.07, 6.45) is 0. The number of anilines is 1. The Kier molecular flexibility index (Phi) is 4.54. The van der Waals surface area contributed by atoms with Gasteiger partial charge in [0.1, 0.15) is 0 Å². The number of nitrogens with one attached hydrogen (secondary N) is 1. The normalized spacial score (nSPS) is 10.8. The van der Waals surface area contributed by atoms with Crippen LogP contribution in [0.3, 0.4) is 0 Å². The van der Waals surface area contributed by atoms with Crippen LogP contribution in [0.25, 0.3) is 0 Å². The molecule has 0 unspecified atom stereocenters. The highest BCUT2D eigenvalue weighted by molar-refractivity contribution is 7.91. The Balaban J connectivity index is 2.26. The number of hydrogen-bond acceptors (Lipinski definition) is 4. The van der Waals surface area contributed by atoms with E-state index in [-0.39, 0.29) is 11.3 Å². The largest absolute Gasteiger partial charge is 0.343 e. The second-order valence-corrected chi connectivity index (χ2v) is 5.67. The highest BCUT2D eigenvalue weighted by Gasteiger charge is 2.27. The third kappa shape index (κ3) is 3.68. The number of nitrogens with two attached hydrogens (primary N) is 1. The Morgan fingerprint density at radius 2 is 1.41 bits per heavy atom. The van der Waals surface area contributed by atoms with E-state index in [1.807, 2.05) is 5.32 Å². The maximum atomic E-state index is 12.1. The highest BCUT2D eigenvalue weighted by atomic mass is 32.2. The minimum atomic E-state index is -4.38. The predicted molar refractivity (Wildman–Crippen MR) is 81.3 cm³/mol. The van der Waals surface area contributed by atoms with E-state index in [0.29, 0.717) is 4.31 Å². The van der Waals surface area contributed by atoms with Crippen LogP contribution in [0.5, 0.6) is 0 Å². The Morgan fingerprint density at radius 3 is 1.91 bits per heavy atom. The Labute approximate surface area is 127 Å². The van der Waals surface area contributed by atoms with Crippen molar-refractivity contribution in [2.75, 3.05) is 4.31 Å². The lowest BCUT2D eigenvalue weighted by molar-refractivity contribution is 0.0966. The van der Waals surface area contributed by atoms with Gasteiger partial charge in [-0.3, -0.25) is 10.1 Å². The van der Waals surface area contributed by atoms with Crippen LogP contribution in [0, 0.1) is 0 Å². The summed E-state index contributed by atoms with van der Waals surface area (Å²) in [6, 6.07) is 14.3. The fraction of sp³-hybridized carbons (Fsp3) is 0. The van der Waals surface area contributed by atoms with Gasteiger partial charge in [-0.2, -0.15) is 12.7 Å². The second-order valence-electron chi connectivity index (χ2n) is 4.27. The molecule has 0 spiro atoms. The minimum absolute atomic E-state index is 0.0309. The van der Waals surface area contributed by atoms with E-state index in [4.69, 9.17) is 5.14 Å². The van der Waals surface area contributed by atoms with E-state index in [1.165, 1.54) is 24.3 Å². The summed E-state index contributed by atoms with van der Waals surface area (Å²) in [7, 11) is -4.38. The van der Waals surface area contributed by atoms with Crippen molar-refractivity contribution in [1.82, 2.24) is 5.32 Å². The zero-order valence-corrected chi connectivity index (χ0v) is 12.2. The fourth-order valence-electron chi connectivity index (χ4n) is 1.75. The molecule has 2 rings (SSSR count). The van der Waals surface area contributed by atoms with Crippen LogP contribution in [0.1, 0.15) is 10.4 Å². The van der Waals surface area contributed by atoms with Crippen molar-refractivity contribution in [2.24, 2.45) is 5.14 Å². The van der Waals surface area contributed by atoms with Crippen molar-refractivity contribution >= 4 is 27.8 Å². The van der Waals surface area contributed by atoms with Crippen molar-refractivity contribution in [1.29, 1.82) is 0 Å². The Hall–Kier alpha value is -2.71. The first-order valence-corrected chi connectivity index (χ1v) is 7.68. The average Bonchev–Trinajstić information content (AvgIpc) is 2.48. The van der Waals surface area contributed by atoms with E-state index in [2.05, 4.69) is 0 Å². The lowest BCUT2D eigenvalue weighted by Crippen LogP contribution is -2.48. The maximum absolute atomic E-state index is 12.1. The summed E-state index contributed by atoms with van der Waals surface area (Å²) in [5.41, 5.74) is 0.252. The first kappa shape index (κ1) is 15.7. The number of carbonyl (C=O) groups is 2. The number of hydrogen-bond donors (Lipinski definition) is 2. The number of urea groups is 1. The molecule has 0 radical (unpaired) electrons. The molecule has 2 aromatic rings. The van der Waals surface area contributed by atoms with E-state index in [9.17, 15) is 18.0 Å². The van der Waals surface area contributed by atoms with Gasteiger partial charge in [0.2, 0.25) is 0 Å². The zero-order chi connectivity index (χ0) is 16.2. The van der Waals surface area contributed by atoms with E-state index < -0.39 is 22.1 Å². The molecular formula is C14H13N3O4S. The molecule has 8 heteroatoms. The molecule has 0 saturated heterocycles. The molecule has 3 N–H and O–H groups in total. The molecule has 0 heterocycles. The quantitative estimate of drug-likeness (QED) is 0.887. The average molecular weight is 319 g/mol. The zero-order valence-electron chi connectivity index (χ0n) is 11.3. The molecule has 0 bridgehead atoms. The van der Waals surface area contributed by atoms with Gasteiger partial charge in [0.25, 0.3) is 5.91 Å². The summed E-state index contributed by atoms with van der Waals surface area (Å²) in [5.74, 6) is -0.727. The number of amides is 3. The predicted octanol–water partition coefficient (Wildman–Crippen LogP) is 1.25. The molecule has 22 heavy (non-hydrogen) atoms. The standard InChI is InChI=1S/C14H13N3O4S/c15-22(20,21)17(12-9-5-2-6-10-12)14(19)16-13(18)11-7-3-1-4-8-11/h1-10H,(H2,15,20,21)(H,16,18,19). The van der Waals surface area contributed by atoms with Crippen LogP contribution in [0.2, 0.25) is 0 Å². The second kappa shape index (κ2) is 6.37. The van der Waals surface area contributed by atoms with E-state index in [0.717, 1.165) is 0 Å². The van der Waals surface area contributed by atoms with Crippen LogP contribution in [0.15, 0.2) is 60.7 Å². The number of benzene rings is 2. The molecule has 0 saturated carbocycles. The van der Waals surface area contributed by atoms with Crippen LogP contribution in [-0.4, -0.2) is 20.4 Å². The summed E-state index contributed by atoms with van der Waals surface area (Å²) >= 11 is 0. The SMILES string of the molecule is NS(=O)(=O)N(C(=O)NC(=O)c1ccccc1)c1ccccc1. The maximum Gasteiger partial charge on any atom is 0.343 e. The number of carbonyl (C=O) groups excluding carboxylic acids is 2. The number of para-hydroxylation sites is 1. The molecule has 0 fully saturated rings. The number of rotatable bonds is 3. The molecule has 0 aliphatic carbocycles. The summed E-state index contributed by atoms with van der Waals surface area (Å²) in [4.78, 5) is 24.0. The van der Waals surface area contributed by atoms with Crippen molar-refractivity contribution in [3.05, 3.63) is 66.2 Å². The van der Waals surface area contributed by atoms with Gasteiger partial charge in [0.05, 0.1) is 5.69 Å². The lowest BCUT2D eigenvalue weighted by Gasteiger charge is -2.19. The van der Waals surface area contributed by atoms with Gasteiger partial charge in [-0.25, -0.2) is 9.93 Å². The monoisotopic (exact) mass is 319 g/mol. The first-order valence-electron chi connectivity index (χ1n) is 6.18. The molecule has 114 valence electrons. The van der Waals surface area contributed by atoms with Gasteiger partial charge in [0, 0.05) is 5.56 Å². The van der Waals surface area contributed by atoms with E-state index in [1.54, 1.807) is 36.4 Å². The summed E-state index contributed by atoms with van der Waals surface area (Å²) in [5, 5.41) is 7.04. The minimum Gasteiger partial charge on any atom is -0.273 e. The van der Waals surface area contributed by atoms with Gasteiger partial charge in [0.15, 0.2) is 0 Å². The van der Waals surface area contributed by atoms with Gasteiger partial charge in [-0.15, -0.1) is 0 Å². The van der Waals surface area contributed by atoms with Crippen molar-refractivity contribution in [3.63, 3.8) is 0 Å². The molecular weight excluding hydrogens is 306 g/mol. The summed E-state index contributed by atoms with van der Waals surface area (Å²) in [6.45, 7) is 0. The molecule has 0 aromatic heterocycles. The van der Waals surface area contributed by atoms with Gasteiger partial charge < -0.3 is 0 Å². The summed E-state index contributed by atoms with van der Waals surface area (Å²) < 4.78 is 23.6. The van der Waals surface area contributed by atoms with Crippen LogP contribution in [0.4, 0.5) is 10.5 Å². The van der Waals surface area contributed by atoms with Crippen molar-refractivity contribution < 1.29 is 18.0 Å². The van der Waals surface area contributed by atoms with Gasteiger partial charge in [-0.1, -0.05) is 36.4 Å². The van der Waals surface area contributed by atoms with Gasteiger partial charge in [-0.05, 0) is 24.3 Å². The first-order chi connectivity index (χ1) is 10.4. The van der Waals surface area contributed by atoms with Crippen LogP contribution >= 0.6 is 0 Å². The number of imide groups is 1. The molecule has 7 nitrogen and oxygen atoms in total. The van der Waals surface area contributed by atoms with Gasteiger partial charge >= 0.3 is 16.2 Å². The Morgan fingerprint density at radius 1 is 0.909 bits per heavy atom. The third-order valence-electron chi connectivity index (χ3n) is 2.69. The molecule has 0 atom stereocenters. The smallest absolute Gasteiger partial charge is 0.273 e. The van der Waals surface area contributed by atoms with E-state index >= 15 is 0 Å². The fourth-order valence-corrected chi connectivity index (χ4v) is 2.45. The molecule has 0 aliphatic heterocycles. The Bertz CT molecular complexity index is 776. The highest BCUT2D eigenvalue weighted by Crippen LogP contribution is 2.15. The molecule has 3 amide bonds. The molecule has 0 aliphatic rings. The lowest BCUT2D eigenvalue weighted by atomic mass is 10.2. The van der Waals surface area contributed by atoms with Crippen LogP contribution in [-0.2, 0) is 10.2 Å². The number of nitrogens with zero attached hydrogens (tertiary/aromatic N) is 1.